The number of aliphatic hydroxyl groups excluding tert-OH is 1. The molecule has 0 bridgehead atoms. The highest BCUT2D eigenvalue weighted by Crippen LogP contribution is 2.12. The summed E-state index contributed by atoms with van der Waals surface area (Å²) in [5.74, 6) is 0. The molecule has 1 rings (SSSR count). The van der Waals surface area contributed by atoms with E-state index in [1.807, 2.05) is 24.0 Å². The summed E-state index contributed by atoms with van der Waals surface area (Å²) >= 11 is 0. The minimum Gasteiger partial charge on any atom is -0.395 e. The molecule has 0 aliphatic rings. The molecule has 0 unspecified atom stereocenters. The van der Waals surface area contributed by atoms with E-state index < -0.39 is 0 Å². The number of aliphatic hydroxyl groups is 1. The van der Waals surface area contributed by atoms with Crippen LogP contribution in [0, 0.1) is 0 Å². The van der Waals surface area contributed by atoms with Crippen LogP contribution in [0.15, 0.2) is 12.4 Å². The fraction of sp³-hybridized carbons (Fsp3) is 0.727. The first kappa shape index (κ1) is 12.2. The average molecular weight is 211 g/mol. The van der Waals surface area contributed by atoms with Gasteiger partial charge in [-0.1, -0.05) is 0 Å². The molecule has 2 N–H and O–H groups in total. The minimum atomic E-state index is 0.0286. The molecular formula is C11H21N3O. The lowest BCUT2D eigenvalue weighted by atomic mass is 10.1. The summed E-state index contributed by atoms with van der Waals surface area (Å²) in [6.45, 7) is 9.22. The van der Waals surface area contributed by atoms with Crippen molar-refractivity contribution >= 4 is 0 Å². The van der Waals surface area contributed by atoms with Crippen LogP contribution in [0.3, 0.4) is 0 Å². The first-order valence-electron chi connectivity index (χ1n) is 5.31. The fourth-order valence-corrected chi connectivity index (χ4v) is 1.17. The zero-order valence-corrected chi connectivity index (χ0v) is 9.99. The maximum Gasteiger partial charge on any atom is 0.0582 e. The van der Waals surface area contributed by atoms with E-state index in [1.165, 1.54) is 0 Å². The number of nitrogens with zero attached hydrogens (tertiary/aromatic N) is 2. The van der Waals surface area contributed by atoms with Gasteiger partial charge in [0, 0.05) is 24.3 Å². The third kappa shape index (κ3) is 3.64. The average Bonchev–Trinajstić information content (AvgIpc) is 2.61. The Morgan fingerprint density at radius 2 is 2.20 bits per heavy atom. The number of hydrogen-bond acceptors (Lipinski definition) is 3. The smallest absolute Gasteiger partial charge is 0.0582 e. The van der Waals surface area contributed by atoms with E-state index in [1.54, 1.807) is 0 Å². The predicted molar refractivity (Wildman–Crippen MR) is 60.6 cm³/mol. The molecule has 4 nitrogen and oxygen atoms in total. The Balaban J connectivity index is 2.54. The molecule has 0 aliphatic heterocycles. The van der Waals surface area contributed by atoms with Gasteiger partial charge in [-0.3, -0.25) is 4.68 Å². The lowest BCUT2D eigenvalue weighted by molar-refractivity contribution is 0.251. The van der Waals surface area contributed by atoms with Crippen LogP contribution in [0.5, 0.6) is 0 Å². The van der Waals surface area contributed by atoms with E-state index in [-0.39, 0.29) is 18.2 Å². The SMILES string of the molecule is C[C@H](CO)NCc1cnn(C(C)(C)C)c1. The molecule has 86 valence electrons. The van der Waals surface area contributed by atoms with Crippen molar-refractivity contribution in [2.24, 2.45) is 0 Å². The Kier molecular flexibility index (Phi) is 3.88. The van der Waals surface area contributed by atoms with Gasteiger partial charge < -0.3 is 10.4 Å². The predicted octanol–water partition coefficient (Wildman–Crippen LogP) is 1.11. The molecule has 0 aromatic carbocycles. The number of rotatable bonds is 4. The summed E-state index contributed by atoms with van der Waals surface area (Å²) < 4.78 is 1.95. The number of aromatic nitrogens is 2. The Morgan fingerprint density at radius 3 is 2.67 bits per heavy atom. The number of nitrogens with one attached hydrogen (secondary N) is 1. The molecule has 1 heterocycles. The molecule has 4 heteroatoms. The zero-order chi connectivity index (χ0) is 11.5. The summed E-state index contributed by atoms with van der Waals surface area (Å²) in [7, 11) is 0. The van der Waals surface area contributed by atoms with Crippen LogP contribution < -0.4 is 5.32 Å². The van der Waals surface area contributed by atoms with Crippen molar-refractivity contribution < 1.29 is 5.11 Å². The van der Waals surface area contributed by atoms with Gasteiger partial charge in [-0.05, 0) is 27.7 Å². The van der Waals surface area contributed by atoms with Gasteiger partial charge in [0.15, 0.2) is 0 Å². The summed E-state index contributed by atoms with van der Waals surface area (Å²) in [6, 6.07) is 0.128. The van der Waals surface area contributed by atoms with Crippen LogP contribution in [0.4, 0.5) is 0 Å². The van der Waals surface area contributed by atoms with Gasteiger partial charge in [-0.2, -0.15) is 5.10 Å². The summed E-state index contributed by atoms with van der Waals surface area (Å²) in [6.07, 6.45) is 3.90. The Hall–Kier alpha value is -0.870. The van der Waals surface area contributed by atoms with Crippen molar-refractivity contribution in [1.29, 1.82) is 0 Å². The second-order valence-corrected chi connectivity index (χ2v) is 4.93. The van der Waals surface area contributed by atoms with Crippen LogP contribution in [-0.4, -0.2) is 27.5 Å². The van der Waals surface area contributed by atoms with E-state index in [0.29, 0.717) is 0 Å². The molecule has 15 heavy (non-hydrogen) atoms. The molecule has 0 fully saturated rings. The van der Waals surface area contributed by atoms with E-state index in [0.717, 1.165) is 12.1 Å². The highest BCUT2D eigenvalue weighted by Gasteiger charge is 2.13. The first-order valence-corrected chi connectivity index (χ1v) is 5.31. The van der Waals surface area contributed by atoms with Crippen molar-refractivity contribution in [3.63, 3.8) is 0 Å². The van der Waals surface area contributed by atoms with Gasteiger partial charge in [0.05, 0.1) is 18.3 Å². The van der Waals surface area contributed by atoms with Gasteiger partial charge in [0.25, 0.3) is 0 Å². The highest BCUT2D eigenvalue weighted by molar-refractivity contribution is 5.05. The molecule has 1 aromatic heterocycles. The third-order valence-corrected chi connectivity index (χ3v) is 2.25. The monoisotopic (exact) mass is 211 g/mol. The standard InChI is InChI=1S/C11H21N3O/c1-9(8-15)12-5-10-6-13-14(7-10)11(2,3)4/h6-7,9,12,15H,5,8H2,1-4H3/t9-/m1/s1. The lowest BCUT2D eigenvalue weighted by Crippen LogP contribution is -2.28. The van der Waals surface area contributed by atoms with Crippen LogP contribution in [0.2, 0.25) is 0 Å². The van der Waals surface area contributed by atoms with Crippen LogP contribution in [0.1, 0.15) is 33.3 Å². The van der Waals surface area contributed by atoms with Gasteiger partial charge in [-0.15, -0.1) is 0 Å². The molecule has 0 aliphatic carbocycles. The normalized spacial score (nSPS) is 14.2. The number of hydrogen-bond donors (Lipinski definition) is 2. The van der Waals surface area contributed by atoms with Crippen molar-refractivity contribution in [1.82, 2.24) is 15.1 Å². The van der Waals surface area contributed by atoms with Crippen molar-refractivity contribution in [2.45, 2.75) is 45.8 Å². The maximum absolute atomic E-state index is 8.86. The largest absolute Gasteiger partial charge is 0.395 e. The molecule has 0 amide bonds. The van der Waals surface area contributed by atoms with E-state index in [2.05, 4.69) is 31.2 Å². The lowest BCUT2D eigenvalue weighted by Gasteiger charge is -2.18. The van der Waals surface area contributed by atoms with E-state index in [4.69, 9.17) is 5.11 Å². The van der Waals surface area contributed by atoms with Crippen LogP contribution in [-0.2, 0) is 12.1 Å². The zero-order valence-electron chi connectivity index (χ0n) is 9.99. The van der Waals surface area contributed by atoms with Gasteiger partial charge >= 0.3 is 0 Å². The molecule has 1 atom stereocenters. The van der Waals surface area contributed by atoms with E-state index >= 15 is 0 Å². The Labute approximate surface area is 91.3 Å². The van der Waals surface area contributed by atoms with Crippen LogP contribution in [0.25, 0.3) is 0 Å². The second kappa shape index (κ2) is 4.77. The second-order valence-electron chi connectivity index (χ2n) is 4.93. The summed E-state index contributed by atoms with van der Waals surface area (Å²) in [4.78, 5) is 0. The topological polar surface area (TPSA) is 50.1 Å². The van der Waals surface area contributed by atoms with Gasteiger partial charge in [0.1, 0.15) is 0 Å². The molecule has 0 spiro atoms. The minimum absolute atomic E-state index is 0.0286. The van der Waals surface area contributed by atoms with Crippen molar-refractivity contribution in [3.05, 3.63) is 18.0 Å². The molecular weight excluding hydrogens is 190 g/mol. The molecule has 0 radical (unpaired) electrons. The molecule has 0 saturated heterocycles. The van der Waals surface area contributed by atoms with Crippen LogP contribution >= 0.6 is 0 Å². The Bertz CT molecular complexity index is 301. The highest BCUT2D eigenvalue weighted by atomic mass is 16.3. The molecule has 1 aromatic rings. The first-order chi connectivity index (χ1) is 6.93. The van der Waals surface area contributed by atoms with Gasteiger partial charge in [0.2, 0.25) is 0 Å². The fourth-order valence-electron chi connectivity index (χ4n) is 1.17. The maximum atomic E-state index is 8.86. The van der Waals surface area contributed by atoms with E-state index in [9.17, 15) is 0 Å². The third-order valence-electron chi connectivity index (χ3n) is 2.25. The summed E-state index contributed by atoms with van der Waals surface area (Å²) in [5.41, 5.74) is 1.17. The Morgan fingerprint density at radius 1 is 1.53 bits per heavy atom. The summed E-state index contributed by atoms with van der Waals surface area (Å²) in [5, 5.41) is 16.4. The molecule has 0 saturated carbocycles. The van der Waals surface area contributed by atoms with Crippen molar-refractivity contribution in [3.8, 4) is 0 Å². The quantitative estimate of drug-likeness (QED) is 0.784. The van der Waals surface area contributed by atoms with Gasteiger partial charge in [-0.25, -0.2) is 0 Å². The van der Waals surface area contributed by atoms with Crippen molar-refractivity contribution in [2.75, 3.05) is 6.61 Å².